The molecule has 0 aromatic carbocycles. The molecular weight excluding hydrogens is 340 g/mol. The Morgan fingerprint density at radius 3 is 2.43 bits per heavy atom. The molecule has 1 aromatic heterocycles. The first-order valence-corrected chi connectivity index (χ1v) is 8.58. The predicted octanol–water partition coefficient (Wildman–Crippen LogP) is 0.905. The molecule has 1 rings (SSSR count). The lowest BCUT2D eigenvalue weighted by Crippen LogP contribution is -2.47. The zero-order valence-electron chi connectivity index (χ0n) is 11.3. The van der Waals surface area contributed by atoms with Gasteiger partial charge in [0.1, 0.15) is 10.3 Å². The Morgan fingerprint density at radius 1 is 1.38 bits per heavy atom. The maximum absolute atomic E-state index is 11.8. The highest BCUT2D eigenvalue weighted by molar-refractivity contribution is 7.91. The van der Waals surface area contributed by atoms with Crippen molar-refractivity contribution >= 4 is 44.8 Å². The number of nitrogens with one attached hydrogen (secondary N) is 2. The molecule has 1 atom stereocenters. The third-order valence-electron chi connectivity index (χ3n) is 2.49. The number of thiophene rings is 1. The molecule has 0 saturated carbocycles. The third kappa shape index (κ3) is 5.27. The highest BCUT2D eigenvalue weighted by Gasteiger charge is 2.24. The normalized spacial score (nSPS) is 13.1. The minimum atomic E-state index is -3.83. The van der Waals surface area contributed by atoms with Crippen LogP contribution in [0.1, 0.15) is 13.8 Å². The van der Waals surface area contributed by atoms with Crippen LogP contribution < -0.4 is 10.0 Å². The Morgan fingerprint density at radius 2 is 2.00 bits per heavy atom. The lowest BCUT2D eigenvalue weighted by Gasteiger charge is -2.17. The second-order valence-electron chi connectivity index (χ2n) is 4.51. The van der Waals surface area contributed by atoms with Gasteiger partial charge in [0.25, 0.3) is 10.0 Å². The second-order valence-corrected chi connectivity index (χ2v) is 8.22. The van der Waals surface area contributed by atoms with Crippen LogP contribution in [0, 0.1) is 5.92 Å². The molecule has 0 aliphatic carbocycles. The van der Waals surface area contributed by atoms with Gasteiger partial charge in [0.2, 0.25) is 5.91 Å². The van der Waals surface area contributed by atoms with Crippen LogP contribution in [0.15, 0.2) is 16.3 Å². The van der Waals surface area contributed by atoms with Crippen molar-refractivity contribution in [3.05, 3.63) is 16.5 Å². The summed E-state index contributed by atoms with van der Waals surface area (Å²) >= 11 is 6.51. The largest absolute Gasteiger partial charge is 0.480 e. The summed E-state index contributed by atoms with van der Waals surface area (Å²) in [6, 6.07) is 1.68. The van der Waals surface area contributed by atoms with Crippen LogP contribution in [-0.2, 0) is 19.6 Å². The summed E-state index contributed by atoms with van der Waals surface area (Å²) in [4.78, 5) is 22.6. The topological polar surface area (TPSA) is 113 Å². The molecule has 1 heterocycles. The number of carbonyl (C=O) groups excluding carboxylic acids is 1. The summed E-state index contributed by atoms with van der Waals surface area (Å²) in [6.45, 7) is 2.72. The maximum atomic E-state index is 11.8. The fourth-order valence-corrected chi connectivity index (χ4v) is 3.92. The second kappa shape index (κ2) is 7.21. The zero-order chi connectivity index (χ0) is 16.2. The molecule has 0 radical (unpaired) electrons. The first-order valence-electron chi connectivity index (χ1n) is 5.90. The number of halogens is 1. The summed E-state index contributed by atoms with van der Waals surface area (Å²) in [5.74, 6) is -2.22. The van der Waals surface area contributed by atoms with Crippen molar-refractivity contribution in [2.24, 2.45) is 5.92 Å². The SMILES string of the molecule is CC(C)[C@H](NC(=O)CNS(=O)(=O)c1ccc(Cl)s1)C(=O)O. The number of aliphatic carboxylic acids is 1. The van der Waals surface area contributed by atoms with Crippen LogP contribution in [-0.4, -0.2) is 38.0 Å². The Balaban J connectivity index is 2.62. The van der Waals surface area contributed by atoms with Gasteiger partial charge in [0.15, 0.2) is 0 Å². The Bertz CT molecular complexity index is 626. The molecular formula is C11H15ClN2O5S2. The van der Waals surface area contributed by atoms with E-state index in [1.54, 1.807) is 13.8 Å². The van der Waals surface area contributed by atoms with Gasteiger partial charge in [0, 0.05) is 0 Å². The number of carboxylic acid groups (broad SMARTS) is 1. The average molecular weight is 355 g/mol. The third-order valence-corrected chi connectivity index (χ3v) is 5.61. The van der Waals surface area contributed by atoms with Crippen LogP contribution in [0.3, 0.4) is 0 Å². The quantitative estimate of drug-likeness (QED) is 0.673. The number of hydrogen-bond donors (Lipinski definition) is 3. The monoisotopic (exact) mass is 354 g/mol. The van der Waals surface area contributed by atoms with Gasteiger partial charge in [-0.05, 0) is 18.1 Å². The molecule has 0 fully saturated rings. The van der Waals surface area contributed by atoms with E-state index in [9.17, 15) is 18.0 Å². The molecule has 118 valence electrons. The summed E-state index contributed by atoms with van der Waals surface area (Å²) in [7, 11) is -3.83. The Kier molecular flexibility index (Phi) is 6.14. The van der Waals surface area contributed by atoms with E-state index in [1.165, 1.54) is 12.1 Å². The summed E-state index contributed by atoms with van der Waals surface area (Å²) < 4.78 is 26.1. The van der Waals surface area contributed by atoms with E-state index in [0.29, 0.717) is 4.34 Å². The van der Waals surface area contributed by atoms with Crippen molar-refractivity contribution in [1.29, 1.82) is 0 Å². The number of sulfonamides is 1. The van der Waals surface area contributed by atoms with Crippen LogP contribution in [0.4, 0.5) is 0 Å². The molecule has 0 spiro atoms. The van der Waals surface area contributed by atoms with E-state index in [4.69, 9.17) is 16.7 Å². The molecule has 21 heavy (non-hydrogen) atoms. The van der Waals surface area contributed by atoms with Crippen molar-refractivity contribution in [2.45, 2.75) is 24.1 Å². The van der Waals surface area contributed by atoms with E-state index >= 15 is 0 Å². The maximum Gasteiger partial charge on any atom is 0.326 e. The van der Waals surface area contributed by atoms with Gasteiger partial charge in [0.05, 0.1) is 10.9 Å². The van der Waals surface area contributed by atoms with Gasteiger partial charge in [-0.15, -0.1) is 11.3 Å². The molecule has 3 N–H and O–H groups in total. The van der Waals surface area contributed by atoms with Gasteiger partial charge in [-0.1, -0.05) is 25.4 Å². The Labute approximate surface area is 131 Å². The average Bonchev–Trinajstić information content (AvgIpc) is 2.80. The number of hydrogen-bond acceptors (Lipinski definition) is 5. The predicted molar refractivity (Wildman–Crippen MR) is 78.9 cm³/mol. The minimum absolute atomic E-state index is 0.0149. The van der Waals surface area contributed by atoms with E-state index in [1.807, 2.05) is 0 Å². The number of carbonyl (C=O) groups is 2. The van der Waals surface area contributed by atoms with Gasteiger partial charge in [-0.3, -0.25) is 4.79 Å². The van der Waals surface area contributed by atoms with E-state index in [0.717, 1.165) is 11.3 Å². The lowest BCUT2D eigenvalue weighted by atomic mass is 10.1. The van der Waals surface area contributed by atoms with E-state index in [-0.39, 0.29) is 10.1 Å². The first kappa shape index (κ1) is 17.9. The standard InChI is InChI=1S/C11H15ClN2O5S2/c1-6(2)10(11(16)17)14-8(15)5-13-21(18,19)9-4-3-7(12)20-9/h3-4,6,10,13H,5H2,1-2H3,(H,14,15)(H,16,17)/t10-/m0/s1. The fourth-order valence-electron chi connectivity index (χ4n) is 1.41. The fraction of sp³-hybridized carbons (Fsp3) is 0.455. The zero-order valence-corrected chi connectivity index (χ0v) is 13.7. The van der Waals surface area contributed by atoms with Gasteiger partial charge >= 0.3 is 5.97 Å². The van der Waals surface area contributed by atoms with Gasteiger partial charge in [-0.25, -0.2) is 17.9 Å². The molecule has 1 aromatic rings. The van der Waals surface area contributed by atoms with Crippen molar-refractivity contribution in [3.63, 3.8) is 0 Å². The lowest BCUT2D eigenvalue weighted by molar-refractivity contribution is -0.142. The number of amides is 1. The van der Waals surface area contributed by atoms with Crippen LogP contribution in [0.25, 0.3) is 0 Å². The van der Waals surface area contributed by atoms with Crippen molar-refractivity contribution in [2.75, 3.05) is 6.54 Å². The highest BCUT2D eigenvalue weighted by atomic mass is 35.5. The molecule has 0 aliphatic heterocycles. The van der Waals surface area contributed by atoms with Gasteiger partial charge < -0.3 is 10.4 Å². The molecule has 0 saturated heterocycles. The van der Waals surface area contributed by atoms with Crippen molar-refractivity contribution < 1.29 is 23.1 Å². The minimum Gasteiger partial charge on any atom is -0.480 e. The van der Waals surface area contributed by atoms with E-state index < -0.39 is 34.5 Å². The molecule has 0 unspecified atom stereocenters. The molecule has 0 bridgehead atoms. The van der Waals surface area contributed by atoms with Crippen LogP contribution in [0.5, 0.6) is 0 Å². The van der Waals surface area contributed by atoms with E-state index in [2.05, 4.69) is 10.0 Å². The molecule has 7 nitrogen and oxygen atoms in total. The number of carboxylic acids is 1. The summed E-state index contributed by atoms with van der Waals surface area (Å²) in [6.07, 6.45) is 0. The van der Waals surface area contributed by atoms with Crippen molar-refractivity contribution in [3.8, 4) is 0 Å². The van der Waals surface area contributed by atoms with Gasteiger partial charge in [-0.2, -0.15) is 0 Å². The van der Waals surface area contributed by atoms with Crippen LogP contribution in [0.2, 0.25) is 4.34 Å². The number of rotatable bonds is 7. The molecule has 0 aliphatic rings. The Hall–Kier alpha value is -1.16. The summed E-state index contributed by atoms with van der Waals surface area (Å²) in [5, 5.41) is 11.2. The summed E-state index contributed by atoms with van der Waals surface area (Å²) in [5.41, 5.74) is 0. The first-order chi connectivity index (χ1) is 9.63. The van der Waals surface area contributed by atoms with Crippen LogP contribution >= 0.6 is 22.9 Å². The molecule has 10 heteroatoms. The smallest absolute Gasteiger partial charge is 0.326 e. The van der Waals surface area contributed by atoms with Crippen molar-refractivity contribution in [1.82, 2.24) is 10.0 Å². The highest BCUT2D eigenvalue weighted by Crippen LogP contribution is 2.25. The molecule has 1 amide bonds.